The molecule has 0 radical (unpaired) electrons. The summed E-state index contributed by atoms with van der Waals surface area (Å²) < 4.78 is 31.9. The molecule has 30 heavy (non-hydrogen) atoms. The van der Waals surface area contributed by atoms with Crippen molar-refractivity contribution in [2.75, 3.05) is 34.5 Å². The summed E-state index contributed by atoms with van der Waals surface area (Å²) >= 11 is 0. The van der Waals surface area contributed by atoms with Gasteiger partial charge in [0.1, 0.15) is 17.2 Å². The number of carbonyl (C=O) groups is 2. The molecular weight excluding hydrogens is 392 g/mol. The molecule has 0 saturated carbocycles. The molecule has 1 heterocycles. The molecule has 0 unspecified atom stereocenters. The minimum atomic E-state index is -0.476. The summed E-state index contributed by atoms with van der Waals surface area (Å²) in [5, 5.41) is 0. The maximum absolute atomic E-state index is 12.7. The van der Waals surface area contributed by atoms with Crippen LogP contribution in [0.5, 0.6) is 28.7 Å². The van der Waals surface area contributed by atoms with Crippen molar-refractivity contribution < 1.29 is 38.0 Å². The van der Waals surface area contributed by atoms with E-state index in [2.05, 4.69) is 0 Å². The third-order valence-electron chi connectivity index (χ3n) is 4.33. The molecule has 2 aromatic carbocycles. The number of ketones is 1. The van der Waals surface area contributed by atoms with Crippen LogP contribution in [0.2, 0.25) is 0 Å². The van der Waals surface area contributed by atoms with Crippen LogP contribution in [0.25, 0.3) is 6.08 Å². The molecule has 1 aliphatic rings. The van der Waals surface area contributed by atoms with E-state index in [1.165, 1.54) is 21.3 Å². The Balaban J connectivity index is 1.85. The van der Waals surface area contributed by atoms with Crippen molar-refractivity contribution >= 4 is 17.8 Å². The lowest BCUT2D eigenvalue weighted by molar-refractivity contribution is -0.145. The van der Waals surface area contributed by atoms with E-state index in [9.17, 15) is 9.59 Å². The van der Waals surface area contributed by atoms with Gasteiger partial charge in [0, 0.05) is 17.7 Å². The van der Waals surface area contributed by atoms with Crippen molar-refractivity contribution in [3.8, 4) is 28.7 Å². The number of fused-ring (bicyclic) bond motifs is 1. The van der Waals surface area contributed by atoms with Crippen molar-refractivity contribution in [2.24, 2.45) is 0 Å². The number of Topliss-reactive ketones (excluding diaryl/α,β-unsaturated/α-hetero) is 1. The van der Waals surface area contributed by atoms with Crippen molar-refractivity contribution in [2.45, 2.75) is 6.92 Å². The van der Waals surface area contributed by atoms with Gasteiger partial charge in [-0.3, -0.25) is 4.79 Å². The molecule has 0 atom stereocenters. The summed E-state index contributed by atoms with van der Waals surface area (Å²) in [6.45, 7) is 1.76. The quantitative estimate of drug-likeness (QED) is 0.480. The van der Waals surface area contributed by atoms with Crippen LogP contribution in [0.15, 0.2) is 36.1 Å². The number of methoxy groups -OCH3 is 3. The lowest BCUT2D eigenvalue weighted by atomic mass is 10.1. The van der Waals surface area contributed by atoms with Crippen LogP contribution in [0, 0.1) is 0 Å². The van der Waals surface area contributed by atoms with Gasteiger partial charge in [0.2, 0.25) is 5.78 Å². The smallest absolute Gasteiger partial charge is 0.344 e. The zero-order valence-electron chi connectivity index (χ0n) is 17.1. The summed E-state index contributed by atoms with van der Waals surface area (Å²) in [4.78, 5) is 24.2. The molecule has 2 aromatic rings. The molecule has 8 nitrogen and oxygen atoms in total. The summed E-state index contributed by atoms with van der Waals surface area (Å²) in [5.41, 5.74) is 0.981. The molecule has 158 valence electrons. The fourth-order valence-electron chi connectivity index (χ4n) is 2.91. The molecule has 0 bridgehead atoms. The first-order chi connectivity index (χ1) is 14.5. The Morgan fingerprint density at radius 3 is 2.37 bits per heavy atom. The Morgan fingerprint density at radius 1 is 1.00 bits per heavy atom. The van der Waals surface area contributed by atoms with Gasteiger partial charge in [0.25, 0.3) is 0 Å². The molecule has 3 rings (SSSR count). The van der Waals surface area contributed by atoms with Crippen LogP contribution in [0.4, 0.5) is 0 Å². The number of allylic oxidation sites excluding steroid dienone is 1. The van der Waals surface area contributed by atoms with Gasteiger partial charge < -0.3 is 28.4 Å². The van der Waals surface area contributed by atoms with Crippen LogP contribution in [0.3, 0.4) is 0 Å². The Bertz CT molecular complexity index is 993. The second-order valence-corrected chi connectivity index (χ2v) is 6.14. The Hall–Kier alpha value is -3.68. The second-order valence-electron chi connectivity index (χ2n) is 6.14. The van der Waals surface area contributed by atoms with Crippen LogP contribution in [0.1, 0.15) is 22.8 Å². The minimum absolute atomic E-state index is 0.123. The molecular formula is C22H22O8. The van der Waals surface area contributed by atoms with E-state index in [1.54, 1.807) is 43.3 Å². The summed E-state index contributed by atoms with van der Waals surface area (Å²) in [6.07, 6.45) is 1.57. The first-order valence-electron chi connectivity index (χ1n) is 9.17. The largest absolute Gasteiger partial charge is 0.496 e. The van der Waals surface area contributed by atoms with Crippen LogP contribution in [-0.4, -0.2) is 46.3 Å². The zero-order chi connectivity index (χ0) is 21.7. The summed E-state index contributed by atoms with van der Waals surface area (Å²) in [6, 6.07) is 8.10. The molecule has 8 heteroatoms. The van der Waals surface area contributed by atoms with E-state index < -0.39 is 5.97 Å². The molecule has 0 aliphatic carbocycles. The van der Waals surface area contributed by atoms with Gasteiger partial charge in [-0.15, -0.1) is 0 Å². The molecule has 0 N–H and O–H groups in total. The van der Waals surface area contributed by atoms with Gasteiger partial charge in [0.15, 0.2) is 23.9 Å². The fourth-order valence-corrected chi connectivity index (χ4v) is 2.91. The monoisotopic (exact) mass is 414 g/mol. The second kappa shape index (κ2) is 9.21. The predicted molar refractivity (Wildman–Crippen MR) is 108 cm³/mol. The molecule has 0 amide bonds. The van der Waals surface area contributed by atoms with E-state index in [0.29, 0.717) is 39.9 Å². The summed E-state index contributed by atoms with van der Waals surface area (Å²) in [5.74, 6) is 1.58. The van der Waals surface area contributed by atoms with E-state index in [0.717, 1.165) is 0 Å². The molecule has 1 aliphatic heterocycles. The van der Waals surface area contributed by atoms with Gasteiger partial charge in [-0.1, -0.05) is 0 Å². The number of esters is 1. The van der Waals surface area contributed by atoms with Gasteiger partial charge in [-0.25, -0.2) is 4.79 Å². The third-order valence-corrected chi connectivity index (χ3v) is 4.33. The number of hydrogen-bond donors (Lipinski definition) is 0. The first kappa shape index (κ1) is 21.0. The van der Waals surface area contributed by atoms with Gasteiger partial charge in [-0.05, 0) is 31.2 Å². The van der Waals surface area contributed by atoms with Gasteiger partial charge >= 0.3 is 5.97 Å². The number of ether oxygens (including phenoxy) is 6. The molecule has 0 saturated heterocycles. The highest BCUT2D eigenvalue weighted by Crippen LogP contribution is 2.39. The topological polar surface area (TPSA) is 89.5 Å². The summed E-state index contributed by atoms with van der Waals surface area (Å²) in [7, 11) is 4.56. The molecule has 0 spiro atoms. The number of rotatable bonds is 8. The average Bonchev–Trinajstić information content (AvgIpc) is 3.06. The van der Waals surface area contributed by atoms with E-state index in [4.69, 9.17) is 28.4 Å². The molecule has 0 aromatic heterocycles. The van der Waals surface area contributed by atoms with Crippen molar-refractivity contribution in [1.29, 1.82) is 0 Å². The third kappa shape index (κ3) is 4.32. The SMILES string of the molecule is CCOC(=O)COc1ccc2c(c1)OC(=Cc1cc(OC)c(OC)cc1OC)C2=O. The average molecular weight is 414 g/mol. The predicted octanol–water partition coefficient (Wildman–Crippen LogP) is 3.27. The molecule has 0 fully saturated rings. The maximum atomic E-state index is 12.7. The Morgan fingerprint density at radius 2 is 1.70 bits per heavy atom. The Labute approximate surface area is 173 Å². The first-order valence-corrected chi connectivity index (χ1v) is 9.17. The van der Waals surface area contributed by atoms with Crippen LogP contribution < -0.4 is 23.7 Å². The lowest BCUT2D eigenvalue weighted by Crippen LogP contribution is -2.14. The normalized spacial score (nSPS) is 13.5. The van der Waals surface area contributed by atoms with E-state index in [1.807, 2.05) is 0 Å². The lowest BCUT2D eigenvalue weighted by Gasteiger charge is -2.12. The highest BCUT2D eigenvalue weighted by molar-refractivity contribution is 6.14. The highest BCUT2D eigenvalue weighted by Gasteiger charge is 2.28. The highest BCUT2D eigenvalue weighted by atomic mass is 16.6. The number of carbonyl (C=O) groups excluding carboxylic acids is 2. The van der Waals surface area contributed by atoms with Crippen LogP contribution >= 0.6 is 0 Å². The van der Waals surface area contributed by atoms with Gasteiger partial charge in [-0.2, -0.15) is 0 Å². The Kier molecular flexibility index (Phi) is 6.46. The number of hydrogen-bond acceptors (Lipinski definition) is 8. The minimum Gasteiger partial charge on any atom is -0.496 e. The van der Waals surface area contributed by atoms with Crippen molar-refractivity contribution in [1.82, 2.24) is 0 Å². The van der Waals surface area contributed by atoms with Crippen molar-refractivity contribution in [3.05, 3.63) is 47.2 Å². The fraction of sp³-hybridized carbons (Fsp3) is 0.273. The van der Waals surface area contributed by atoms with E-state index >= 15 is 0 Å². The number of benzene rings is 2. The van der Waals surface area contributed by atoms with Crippen molar-refractivity contribution in [3.63, 3.8) is 0 Å². The van der Waals surface area contributed by atoms with Gasteiger partial charge in [0.05, 0.1) is 33.5 Å². The maximum Gasteiger partial charge on any atom is 0.344 e. The van der Waals surface area contributed by atoms with Crippen LogP contribution in [-0.2, 0) is 9.53 Å². The zero-order valence-corrected chi connectivity index (χ0v) is 17.1. The van der Waals surface area contributed by atoms with E-state index in [-0.39, 0.29) is 24.8 Å². The standard InChI is InChI=1S/C22H22O8/c1-5-28-21(23)12-29-14-6-7-15-17(10-14)30-20(22(15)24)9-13-8-18(26-3)19(27-4)11-16(13)25-2/h6-11H,5,12H2,1-4H3.